The summed E-state index contributed by atoms with van der Waals surface area (Å²) in [6, 6.07) is 8.78. The maximum absolute atomic E-state index is 11.5. The van der Waals surface area contributed by atoms with Crippen LogP contribution in [0, 0.1) is 0 Å². The van der Waals surface area contributed by atoms with E-state index in [-0.39, 0.29) is 5.49 Å². The van der Waals surface area contributed by atoms with Crippen molar-refractivity contribution in [2.45, 2.75) is 56.7 Å². The maximum Gasteiger partial charge on any atom is 0.203 e. The van der Waals surface area contributed by atoms with Gasteiger partial charge in [0, 0.05) is 11.2 Å². The molecule has 9 nitrogen and oxygen atoms in total. The number of aromatic nitrogens is 3. The van der Waals surface area contributed by atoms with Crippen LogP contribution in [0.4, 0.5) is 0 Å². The van der Waals surface area contributed by atoms with Crippen molar-refractivity contribution in [2.75, 3.05) is 0 Å². The molecule has 2 aliphatic rings. The molecule has 3 aromatic rings. The molecule has 3 N–H and O–H groups in total. The molecule has 5 atom stereocenters. The molecule has 1 unspecified atom stereocenters. The van der Waals surface area contributed by atoms with E-state index in [1.807, 2.05) is 18.4 Å². The predicted octanol–water partition coefficient (Wildman–Crippen LogP) is 2.63. The van der Waals surface area contributed by atoms with Gasteiger partial charge in [-0.15, -0.1) is 0 Å². The SMILES string of the molecule is CC1(C)O[C@@H]2[C@H](O1)[C@@H](C(C)(O)c1ccc(Cl)cc1)O[C@H]2n1ccc2c(=NO)nc[nH]c21. The molecular weight excluding hydrogens is 424 g/mol. The number of benzene rings is 1. The zero-order valence-electron chi connectivity index (χ0n) is 17.2. The van der Waals surface area contributed by atoms with Crippen molar-refractivity contribution in [3.05, 3.63) is 58.9 Å². The number of hydrogen-bond acceptors (Lipinski definition) is 7. The number of nitrogens with one attached hydrogen (secondary N) is 1. The number of rotatable bonds is 3. The highest BCUT2D eigenvalue weighted by Gasteiger charge is 2.60. The zero-order chi connectivity index (χ0) is 22.0. The largest absolute Gasteiger partial charge is 0.409 e. The molecule has 164 valence electrons. The van der Waals surface area contributed by atoms with Gasteiger partial charge in [0.25, 0.3) is 0 Å². The van der Waals surface area contributed by atoms with E-state index in [0.717, 1.165) is 0 Å². The van der Waals surface area contributed by atoms with E-state index in [1.165, 1.54) is 6.33 Å². The first-order chi connectivity index (χ1) is 14.7. The number of H-pyrrole nitrogens is 1. The predicted molar refractivity (Wildman–Crippen MR) is 110 cm³/mol. The van der Waals surface area contributed by atoms with Crippen molar-refractivity contribution in [1.29, 1.82) is 0 Å². The Hall–Kier alpha value is -2.43. The number of hydrogen-bond donors (Lipinski definition) is 3. The van der Waals surface area contributed by atoms with Crippen LogP contribution >= 0.6 is 11.6 Å². The van der Waals surface area contributed by atoms with Gasteiger partial charge in [-0.25, -0.2) is 4.98 Å². The smallest absolute Gasteiger partial charge is 0.203 e. The van der Waals surface area contributed by atoms with Crippen molar-refractivity contribution in [2.24, 2.45) is 5.16 Å². The summed E-state index contributed by atoms with van der Waals surface area (Å²) in [6.45, 7) is 5.37. The number of halogens is 1. The summed E-state index contributed by atoms with van der Waals surface area (Å²) in [4.78, 5) is 7.09. The Kier molecular flexibility index (Phi) is 4.65. The molecule has 0 saturated carbocycles. The van der Waals surface area contributed by atoms with Crippen LogP contribution < -0.4 is 5.49 Å². The van der Waals surface area contributed by atoms with Crippen LogP contribution in [0.15, 0.2) is 48.0 Å². The lowest BCUT2D eigenvalue weighted by atomic mass is 9.87. The van der Waals surface area contributed by atoms with Crippen molar-refractivity contribution in [3.8, 4) is 0 Å². The monoisotopic (exact) mass is 446 g/mol. The molecule has 0 amide bonds. The zero-order valence-corrected chi connectivity index (χ0v) is 17.9. The highest BCUT2D eigenvalue weighted by molar-refractivity contribution is 6.30. The third-order valence-electron chi connectivity index (χ3n) is 5.92. The first-order valence-corrected chi connectivity index (χ1v) is 10.3. The summed E-state index contributed by atoms with van der Waals surface area (Å²) < 4.78 is 20.6. The number of ether oxygens (including phenoxy) is 3. The fourth-order valence-electron chi connectivity index (χ4n) is 4.50. The average Bonchev–Trinajstić information content (AvgIpc) is 3.38. The van der Waals surface area contributed by atoms with E-state index in [9.17, 15) is 10.3 Å². The van der Waals surface area contributed by atoms with Crippen LogP contribution in [0.2, 0.25) is 5.02 Å². The van der Waals surface area contributed by atoms with Gasteiger partial charge in [0.15, 0.2) is 12.0 Å². The fraction of sp³-hybridized carbons (Fsp3) is 0.429. The van der Waals surface area contributed by atoms with Gasteiger partial charge < -0.3 is 34.1 Å². The Morgan fingerprint density at radius 1 is 1.19 bits per heavy atom. The molecule has 2 saturated heterocycles. The van der Waals surface area contributed by atoms with Crippen LogP contribution in [0.5, 0.6) is 0 Å². The van der Waals surface area contributed by atoms with Gasteiger partial charge in [-0.05, 0) is 44.5 Å². The fourth-order valence-corrected chi connectivity index (χ4v) is 4.63. The van der Waals surface area contributed by atoms with Crippen molar-refractivity contribution in [3.63, 3.8) is 0 Å². The van der Waals surface area contributed by atoms with Crippen molar-refractivity contribution >= 4 is 22.6 Å². The van der Waals surface area contributed by atoms with Crippen LogP contribution in [-0.4, -0.2) is 48.9 Å². The molecule has 2 aliphatic heterocycles. The minimum atomic E-state index is -1.37. The van der Waals surface area contributed by atoms with E-state index < -0.39 is 35.9 Å². The van der Waals surface area contributed by atoms with Crippen LogP contribution in [0.3, 0.4) is 0 Å². The molecule has 1 aromatic carbocycles. The number of nitrogens with zero attached hydrogens (tertiary/aromatic N) is 3. The normalized spacial score (nSPS) is 29.9. The Morgan fingerprint density at radius 2 is 1.90 bits per heavy atom. The second kappa shape index (κ2) is 7.04. The Bertz CT molecular complexity index is 1190. The highest BCUT2D eigenvalue weighted by Crippen LogP contribution is 2.48. The van der Waals surface area contributed by atoms with Gasteiger partial charge in [-0.3, -0.25) is 0 Å². The lowest BCUT2D eigenvalue weighted by Crippen LogP contribution is -2.45. The third kappa shape index (κ3) is 3.24. The molecule has 5 rings (SSSR count). The molecule has 0 bridgehead atoms. The minimum Gasteiger partial charge on any atom is -0.409 e. The second-order valence-corrected chi connectivity index (χ2v) is 8.91. The Morgan fingerprint density at radius 3 is 2.61 bits per heavy atom. The third-order valence-corrected chi connectivity index (χ3v) is 6.18. The Labute approximate surface area is 182 Å². The lowest BCUT2D eigenvalue weighted by Gasteiger charge is -2.34. The topological polar surface area (TPSA) is 114 Å². The molecule has 31 heavy (non-hydrogen) atoms. The van der Waals surface area contributed by atoms with Crippen LogP contribution in [0.25, 0.3) is 11.0 Å². The minimum absolute atomic E-state index is 0.190. The first-order valence-electron chi connectivity index (χ1n) is 9.93. The Balaban J connectivity index is 1.58. The summed E-state index contributed by atoms with van der Waals surface area (Å²) >= 11 is 6.02. The summed E-state index contributed by atoms with van der Waals surface area (Å²) in [5.74, 6) is -0.842. The van der Waals surface area contributed by atoms with Gasteiger partial charge in [0.2, 0.25) is 5.49 Å². The molecule has 2 fully saturated rings. The standard InChI is InChI=1S/C21H23ClN4O5/c1-20(2)30-14-15(31-20)19(26-9-8-13-17(25-28)23-10-24-18(13)26)29-16(14)21(3,27)11-4-6-12(22)7-5-11/h4-10,14-16,19,27-28H,1-3H3,(H,23,24,25)/t14-,15+,16-,19+,21?/m0/s1. The second-order valence-electron chi connectivity index (χ2n) is 8.48. The highest BCUT2D eigenvalue weighted by atomic mass is 35.5. The van der Waals surface area contributed by atoms with Gasteiger partial charge >= 0.3 is 0 Å². The van der Waals surface area contributed by atoms with E-state index in [0.29, 0.717) is 21.6 Å². The molecular formula is C21H23ClN4O5. The lowest BCUT2D eigenvalue weighted by molar-refractivity contribution is -0.221. The molecule has 4 heterocycles. The summed E-state index contributed by atoms with van der Waals surface area (Å²) in [7, 11) is 0. The van der Waals surface area contributed by atoms with E-state index in [4.69, 9.17) is 25.8 Å². The van der Waals surface area contributed by atoms with E-state index >= 15 is 0 Å². The average molecular weight is 447 g/mol. The molecule has 10 heteroatoms. The van der Waals surface area contributed by atoms with Gasteiger partial charge in [-0.2, -0.15) is 0 Å². The van der Waals surface area contributed by atoms with Crippen molar-refractivity contribution < 1.29 is 24.5 Å². The summed E-state index contributed by atoms with van der Waals surface area (Å²) in [5.41, 5.74) is 0.123. The quantitative estimate of drug-likeness (QED) is 0.421. The van der Waals surface area contributed by atoms with Crippen molar-refractivity contribution in [1.82, 2.24) is 14.5 Å². The number of aromatic amines is 1. The number of aliphatic hydroxyl groups is 1. The van der Waals surface area contributed by atoms with E-state index in [1.54, 1.807) is 43.5 Å². The van der Waals surface area contributed by atoms with Gasteiger partial charge in [0.1, 0.15) is 29.6 Å². The molecule has 0 aliphatic carbocycles. The van der Waals surface area contributed by atoms with E-state index in [2.05, 4.69) is 15.1 Å². The molecule has 2 aromatic heterocycles. The first kappa shape index (κ1) is 20.5. The van der Waals surface area contributed by atoms with Crippen LogP contribution in [-0.2, 0) is 19.8 Å². The maximum atomic E-state index is 11.5. The molecule has 0 radical (unpaired) electrons. The summed E-state index contributed by atoms with van der Waals surface area (Å²) in [6.07, 6.45) is 0.924. The summed E-state index contributed by atoms with van der Waals surface area (Å²) in [5, 5.41) is 25.2. The van der Waals surface area contributed by atoms with Gasteiger partial charge in [0.05, 0.1) is 11.7 Å². The van der Waals surface area contributed by atoms with Gasteiger partial charge in [-0.1, -0.05) is 28.9 Å². The van der Waals surface area contributed by atoms with Crippen LogP contribution in [0.1, 0.15) is 32.6 Å². The number of fused-ring (bicyclic) bond motifs is 2. The molecule has 0 spiro atoms.